The molecule has 0 aliphatic carbocycles. The molecule has 3 aromatic rings. The number of aromatic nitrogens is 3. The third-order valence-electron chi connectivity index (χ3n) is 3.07. The fraction of sp³-hybridized carbons (Fsp3) is 0.133. The first-order chi connectivity index (χ1) is 10.2. The normalized spacial score (nSPS) is 10.7. The Kier molecular flexibility index (Phi) is 3.51. The molecule has 6 nitrogen and oxygen atoms in total. The SMILES string of the molecule is Nc1nc(N)c2c(OCCc3ccccn3)cccc2n1. The van der Waals surface area contributed by atoms with Crippen molar-refractivity contribution in [3.8, 4) is 5.75 Å². The lowest BCUT2D eigenvalue weighted by atomic mass is 10.2. The van der Waals surface area contributed by atoms with Gasteiger partial charge in [0.05, 0.1) is 17.5 Å². The van der Waals surface area contributed by atoms with Gasteiger partial charge in [0, 0.05) is 18.3 Å². The van der Waals surface area contributed by atoms with Crippen molar-refractivity contribution in [2.24, 2.45) is 0 Å². The van der Waals surface area contributed by atoms with Crippen LogP contribution in [0.1, 0.15) is 5.69 Å². The van der Waals surface area contributed by atoms with Crippen molar-refractivity contribution >= 4 is 22.7 Å². The molecule has 2 heterocycles. The van der Waals surface area contributed by atoms with Gasteiger partial charge in [-0.25, -0.2) is 4.98 Å². The van der Waals surface area contributed by atoms with Gasteiger partial charge in [-0.05, 0) is 24.3 Å². The molecule has 1 aromatic carbocycles. The maximum Gasteiger partial charge on any atom is 0.222 e. The minimum atomic E-state index is 0.158. The van der Waals surface area contributed by atoms with Crippen molar-refractivity contribution in [1.82, 2.24) is 15.0 Å². The van der Waals surface area contributed by atoms with E-state index >= 15 is 0 Å². The second-order valence-corrected chi connectivity index (χ2v) is 4.54. The van der Waals surface area contributed by atoms with Crippen molar-refractivity contribution in [3.63, 3.8) is 0 Å². The van der Waals surface area contributed by atoms with E-state index in [0.717, 1.165) is 5.69 Å². The lowest BCUT2D eigenvalue weighted by molar-refractivity contribution is 0.324. The molecule has 0 fully saturated rings. The standard InChI is InChI=1S/C15H15N5O/c16-14-13-11(19-15(17)20-14)5-3-6-12(13)21-9-7-10-4-1-2-8-18-10/h1-6,8H,7,9H2,(H4,16,17,19,20). The first-order valence-electron chi connectivity index (χ1n) is 6.58. The van der Waals surface area contributed by atoms with Gasteiger partial charge in [0.1, 0.15) is 11.6 Å². The van der Waals surface area contributed by atoms with Crippen molar-refractivity contribution in [2.75, 3.05) is 18.1 Å². The number of hydrogen-bond donors (Lipinski definition) is 2. The Balaban J connectivity index is 1.81. The number of anilines is 2. The van der Waals surface area contributed by atoms with Crippen LogP contribution in [0.5, 0.6) is 5.75 Å². The Morgan fingerprint density at radius 2 is 1.90 bits per heavy atom. The minimum Gasteiger partial charge on any atom is -0.492 e. The monoisotopic (exact) mass is 281 g/mol. The van der Waals surface area contributed by atoms with E-state index in [1.807, 2.05) is 36.4 Å². The zero-order valence-electron chi connectivity index (χ0n) is 11.4. The van der Waals surface area contributed by atoms with Gasteiger partial charge in [0.15, 0.2) is 0 Å². The van der Waals surface area contributed by atoms with Gasteiger partial charge in [-0.1, -0.05) is 12.1 Å². The zero-order chi connectivity index (χ0) is 14.7. The van der Waals surface area contributed by atoms with Gasteiger partial charge in [-0.2, -0.15) is 4.98 Å². The molecule has 0 saturated heterocycles. The molecule has 0 aliphatic rings. The second-order valence-electron chi connectivity index (χ2n) is 4.54. The number of nitrogen functional groups attached to an aromatic ring is 2. The molecule has 0 saturated carbocycles. The van der Waals surface area contributed by atoms with E-state index in [1.165, 1.54) is 0 Å². The second kappa shape index (κ2) is 5.62. The fourth-order valence-electron chi connectivity index (χ4n) is 2.13. The Labute approximate surface area is 121 Å². The number of nitrogens with two attached hydrogens (primary N) is 2. The molecule has 106 valence electrons. The molecule has 0 unspecified atom stereocenters. The third kappa shape index (κ3) is 2.84. The molecule has 2 aromatic heterocycles. The largest absolute Gasteiger partial charge is 0.492 e. The minimum absolute atomic E-state index is 0.158. The summed E-state index contributed by atoms with van der Waals surface area (Å²) in [7, 11) is 0. The van der Waals surface area contributed by atoms with Crippen LogP contribution in [0.25, 0.3) is 10.9 Å². The van der Waals surface area contributed by atoms with Gasteiger partial charge in [0.2, 0.25) is 5.95 Å². The number of ether oxygens (including phenoxy) is 1. The number of hydrogen-bond acceptors (Lipinski definition) is 6. The Hall–Kier alpha value is -2.89. The predicted octanol–water partition coefficient (Wildman–Crippen LogP) is 1.81. The summed E-state index contributed by atoms with van der Waals surface area (Å²) in [6, 6.07) is 11.3. The smallest absolute Gasteiger partial charge is 0.222 e. The van der Waals surface area contributed by atoms with Crippen LogP contribution in [-0.4, -0.2) is 21.6 Å². The van der Waals surface area contributed by atoms with Crippen LogP contribution in [0.15, 0.2) is 42.6 Å². The Morgan fingerprint density at radius 3 is 2.71 bits per heavy atom. The molecule has 0 bridgehead atoms. The van der Waals surface area contributed by atoms with E-state index in [9.17, 15) is 0 Å². The van der Waals surface area contributed by atoms with Crippen LogP contribution in [0.2, 0.25) is 0 Å². The highest BCUT2D eigenvalue weighted by atomic mass is 16.5. The summed E-state index contributed by atoms with van der Waals surface area (Å²) in [6.45, 7) is 0.500. The molecule has 21 heavy (non-hydrogen) atoms. The summed E-state index contributed by atoms with van der Waals surface area (Å²) in [6.07, 6.45) is 2.48. The lowest BCUT2D eigenvalue weighted by Crippen LogP contribution is -2.05. The molecule has 0 amide bonds. The van der Waals surface area contributed by atoms with E-state index in [-0.39, 0.29) is 5.95 Å². The van der Waals surface area contributed by atoms with E-state index in [4.69, 9.17) is 16.2 Å². The summed E-state index contributed by atoms with van der Waals surface area (Å²) in [5.41, 5.74) is 13.2. The van der Waals surface area contributed by atoms with Gasteiger partial charge in [-0.15, -0.1) is 0 Å². The quantitative estimate of drug-likeness (QED) is 0.756. The van der Waals surface area contributed by atoms with E-state index < -0.39 is 0 Å². The van der Waals surface area contributed by atoms with Gasteiger partial charge in [-0.3, -0.25) is 4.98 Å². The van der Waals surface area contributed by atoms with Crippen LogP contribution in [-0.2, 0) is 6.42 Å². The topological polar surface area (TPSA) is 99.9 Å². The van der Waals surface area contributed by atoms with E-state index in [2.05, 4.69) is 15.0 Å². The predicted molar refractivity (Wildman–Crippen MR) is 81.8 cm³/mol. The lowest BCUT2D eigenvalue weighted by Gasteiger charge is -2.10. The maximum atomic E-state index is 5.92. The molecule has 6 heteroatoms. The van der Waals surface area contributed by atoms with Crippen molar-refractivity contribution < 1.29 is 4.74 Å². The molecular formula is C15H15N5O. The average Bonchev–Trinajstić information content (AvgIpc) is 2.48. The Morgan fingerprint density at radius 1 is 1.00 bits per heavy atom. The van der Waals surface area contributed by atoms with Crippen LogP contribution in [0.4, 0.5) is 11.8 Å². The molecule has 0 radical (unpaired) electrons. The number of fused-ring (bicyclic) bond motifs is 1. The van der Waals surface area contributed by atoms with E-state index in [1.54, 1.807) is 6.20 Å². The van der Waals surface area contributed by atoms with Gasteiger partial charge in [0.25, 0.3) is 0 Å². The van der Waals surface area contributed by atoms with Gasteiger partial charge < -0.3 is 16.2 Å². The van der Waals surface area contributed by atoms with Crippen molar-refractivity contribution in [1.29, 1.82) is 0 Å². The zero-order valence-corrected chi connectivity index (χ0v) is 11.4. The highest BCUT2D eigenvalue weighted by Crippen LogP contribution is 2.29. The highest BCUT2D eigenvalue weighted by Gasteiger charge is 2.09. The first-order valence-corrected chi connectivity index (χ1v) is 6.58. The van der Waals surface area contributed by atoms with Crippen molar-refractivity contribution in [3.05, 3.63) is 48.3 Å². The van der Waals surface area contributed by atoms with Gasteiger partial charge >= 0.3 is 0 Å². The van der Waals surface area contributed by atoms with Crippen LogP contribution < -0.4 is 16.2 Å². The highest BCUT2D eigenvalue weighted by molar-refractivity contribution is 5.94. The average molecular weight is 281 g/mol. The number of nitrogens with zero attached hydrogens (tertiary/aromatic N) is 3. The summed E-state index contributed by atoms with van der Waals surface area (Å²) < 4.78 is 5.80. The fourth-order valence-corrected chi connectivity index (χ4v) is 2.13. The van der Waals surface area contributed by atoms with Crippen LogP contribution in [0.3, 0.4) is 0 Å². The molecule has 0 atom stereocenters. The number of pyridine rings is 1. The van der Waals surface area contributed by atoms with E-state index in [0.29, 0.717) is 35.5 Å². The summed E-state index contributed by atoms with van der Waals surface area (Å²) >= 11 is 0. The van der Waals surface area contributed by atoms with Crippen LogP contribution >= 0.6 is 0 Å². The molecule has 0 spiro atoms. The molecule has 3 rings (SSSR count). The summed E-state index contributed by atoms with van der Waals surface area (Å²) in [5.74, 6) is 1.14. The number of benzene rings is 1. The maximum absolute atomic E-state index is 5.92. The molecule has 0 aliphatic heterocycles. The molecule has 4 N–H and O–H groups in total. The molecular weight excluding hydrogens is 266 g/mol. The third-order valence-corrected chi connectivity index (χ3v) is 3.07. The van der Waals surface area contributed by atoms with Crippen molar-refractivity contribution in [2.45, 2.75) is 6.42 Å². The first kappa shape index (κ1) is 13.1. The number of rotatable bonds is 4. The Bertz CT molecular complexity index is 761. The summed E-state index contributed by atoms with van der Waals surface area (Å²) in [4.78, 5) is 12.4. The summed E-state index contributed by atoms with van der Waals surface area (Å²) in [5, 5.41) is 0.688. The van der Waals surface area contributed by atoms with Crippen LogP contribution in [0, 0.1) is 0 Å².